The topological polar surface area (TPSA) is 122 Å². The average molecular weight is 689 g/mol. The highest BCUT2D eigenvalue weighted by Gasteiger charge is 2.37. The van der Waals surface area contributed by atoms with Gasteiger partial charge in [0.2, 0.25) is 10.0 Å². The van der Waals surface area contributed by atoms with Gasteiger partial charge >= 0.3 is 5.97 Å². The SMILES string of the molecule is CCOC(=O)c1c(C(C)C)nn(C)c1C1=CC2C=C(OC)C=CC2c2c(C3CCCCC3)c3ccc(C(=O)NS(=O)(=O)C(C)C)cc3n2C1. The van der Waals surface area contributed by atoms with Crippen LogP contribution in [0, 0.1) is 5.92 Å². The number of nitrogens with one attached hydrogen (secondary N) is 1. The first kappa shape index (κ1) is 34.7. The number of carbonyl (C=O) groups is 2. The first-order valence-electron chi connectivity index (χ1n) is 17.5. The molecule has 6 rings (SSSR count). The van der Waals surface area contributed by atoms with Gasteiger partial charge in [0.25, 0.3) is 5.91 Å². The van der Waals surface area contributed by atoms with E-state index in [2.05, 4.69) is 27.5 Å². The van der Waals surface area contributed by atoms with E-state index in [0.717, 1.165) is 47.9 Å². The van der Waals surface area contributed by atoms with Gasteiger partial charge in [-0.25, -0.2) is 17.9 Å². The van der Waals surface area contributed by atoms with Crippen LogP contribution in [0.1, 0.15) is 128 Å². The molecule has 1 saturated carbocycles. The minimum atomic E-state index is -3.83. The zero-order chi connectivity index (χ0) is 35.2. The molecule has 3 aliphatic rings. The Balaban J connectivity index is 1.62. The summed E-state index contributed by atoms with van der Waals surface area (Å²) in [4.78, 5) is 27.0. The molecule has 1 amide bonds. The summed E-state index contributed by atoms with van der Waals surface area (Å²) < 4.78 is 43.0. The molecular formula is C38H48N4O6S. The Bertz CT molecular complexity index is 1990. The molecule has 2 aromatic heterocycles. The minimum Gasteiger partial charge on any atom is -0.497 e. The molecule has 3 aromatic rings. The van der Waals surface area contributed by atoms with Crippen LogP contribution in [0.25, 0.3) is 16.5 Å². The molecule has 2 atom stereocenters. The predicted octanol–water partition coefficient (Wildman–Crippen LogP) is 7.09. The third-order valence-electron chi connectivity index (χ3n) is 10.2. The Hall–Kier alpha value is -4.12. The van der Waals surface area contributed by atoms with Crippen LogP contribution in [0.4, 0.5) is 0 Å². The van der Waals surface area contributed by atoms with Gasteiger partial charge in [-0.15, -0.1) is 0 Å². The number of fused-ring (bicyclic) bond motifs is 5. The van der Waals surface area contributed by atoms with E-state index in [-0.39, 0.29) is 29.9 Å². The number of aryl methyl sites for hydroxylation is 1. The van der Waals surface area contributed by atoms with Gasteiger partial charge in [0.05, 0.1) is 30.4 Å². The van der Waals surface area contributed by atoms with E-state index < -0.39 is 27.1 Å². The summed E-state index contributed by atoms with van der Waals surface area (Å²) in [7, 11) is -0.291. The number of aromatic nitrogens is 3. The number of hydrogen-bond acceptors (Lipinski definition) is 7. The molecule has 11 heteroatoms. The first-order valence-corrected chi connectivity index (χ1v) is 19.0. The van der Waals surface area contributed by atoms with Crippen molar-refractivity contribution in [3.8, 4) is 0 Å². The fraction of sp³-hybridized carbons (Fsp3) is 0.500. The summed E-state index contributed by atoms with van der Waals surface area (Å²) in [6, 6.07) is 5.55. The third kappa shape index (κ3) is 6.37. The van der Waals surface area contributed by atoms with Gasteiger partial charge in [-0.2, -0.15) is 5.10 Å². The summed E-state index contributed by atoms with van der Waals surface area (Å²) in [6.07, 6.45) is 14.3. The molecule has 49 heavy (non-hydrogen) atoms. The summed E-state index contributed by atoms with van der Waals surface area (Å²) >= 11 is 0. The monoisotopic (exact) mass is 688 g/mol. The van der Waals surface area contributed by atoms with Crippen molar-refractivity contribution in [1.82, 2.24) is 19.1 Å². The van der Waals surface area contributed by atoms with Crippen molar-refractivity contribution in [2.45, 2.75) is 96.3 Å². The van der Waals surface area contributed by atoms with Gasteiger partial charge in [-0.05, 0) is 80.9 Å². The van der Waals surface area contributed by atoms with Crippen molar-refractivity contribution in [2.75, 3.05) is 13.7 Å². The second-order valence-corrected chi connectivity index (χ2v) is 16.2. The Morgan fingerprint density at radius 2 is 1.82 bits per heavy atom. The summed E-state index contributed by atoms with van der Waals surface area (Å²) in [5.74, 6) is -0.0904. The van der Waals surface area contributed by atoms with Gasteiger partial charge in [0.1, 0.15) is 11.3 Å². The number of ether oxygens (including phenoxy) is 2. The van der Waals surface area contributed by atoms with Crippen molar-refractivity contribution in [2.24, 2.45) is 13.0 Å². The number of rotatable bonds is 9. The van der Waals surface area contributed by atoms with E-state index in [4.69, 9.17) is 14.6 Å². The Morgan fingerprint density at radius 1 is 1.08 bits per heavy atom. The summed E-state index contributed by atoms with van der Waals surface area (Å²) in [6.45, 7) is 9.58. The molecule has 0 saturated heterocycles. The molecule has 1 aliphatic heterocycles. The maximum Gasteiger partial charge on any atom is 0.342 e. The van der Waals surface area contributed by atoms with Crippen molar-refractivity contribution in [3.05, 3.63) is 82.0 Å². The fourth-order valence-electron chi connectivity index (χ4n) is 7.76. The van der Waals surface area contributed by atoms with E-state index in [1.54, 1.807) is 38.6 Å². The molecule has 0 spiro atoms. The van der Waals surface area contributed by atoms with Crippen LogP contribution in [0.5, 0.6) is 0 Å². The molecule has 262 valence electrons. The van der Waals surface area contributed by atoms with Crippen LogP contribution in [-0.2, 0) is 33.1 Å². The molecule has 1 N–H and O–H groups in total. The highest BCUT2D eigenvalue weighted by molar-refractivity contribution is 7.90. The van der Waals surface area contributed by atoms with Gasteiger partial charge in [-0.3, -0.25) is 9.48 Å². The van der Waals surface area contributed by atoms with Gasteiger partial charge < -0.3 is 14.0 Å². The van der Waals surface area contributed by atoms with E-state index >= 15 is 0 Å². The number of allylic oxidation sites excluding steroid dienone is 5. The number of amides is 1. The molecule has 0 bridgehead atoms. The lowest BCUT2D eigenvalue weighted by molar-refractivity contribution is 0.0524. The quantitative estimate of drug-likeness (QED) is 0.238. The number of nitrogens with zero attached hydrogens (tertiary/aromatic N) is 3. The molecule has 0 radical (unpaired) electrons. The fourth-order valence-corrected chi connectivity index (χ4v) is 8.37. The summed E-state index contributed by atoms with van der Waals surface area (Å²) in [5, 5.41) is 5.16. The third-order valence-corrected chi connectivity index (χ3v) is 11.9. The molecule has 2 aliphatic carbocycles. The van der Waals surface area contributed by atoms with Gasteiger partial charge in [-0.1, -0.05) is 51.3 Å². The number of carbonyl (C=O) groups excluding carboxylic acids is 2. The van der Waals surface area contributed by atoms with Crippen molar-refractivity contribution >= 4 is 38.4 Å². The number of benzene rings is 1. The van der Waals surface area contributed by atoms with E-state index in [1.165, 1.54) is 17.7 Å². The van der Waals surface area contributed by atoms with E-state index in [1.807, 2.05) is 39.1 Å². The molecule has 3 heterocycles. The van der Waals surface area contributed by atoms with Crippen LogP contribution >= 0.6 is 0 Å². The van der Waals surface area contributed by atoms with Gasteiger partial charge in [0, 0.05) is 47.6 Å². The number of methoxy groups -OCH3 is 1. The Morgan fingerprint density at radius 3 is 2.47 bits per heavy atom. The molecular weight excluding hydrogens is 641 g/mol. The molecule has 1 fully saturated rings. The predicted molar refractivity (Wildman–Crippen MR) is 191 cm³/mol. The lowest BCUT2D eigenvalue weighted by Crippen LogP contribution is -2.35. The van der Waals surface area contributed by atoms with Crippen molar-refractivity contribution in [1.29, 1.82) is 0 Å². The smallest absolute Gasteiger partial charge is 0.342 e. The number of hydrogen-bond donors (Lipinski definition) is 1. The highest BCUT2D eigenvalue weighted by atomic mass is 32.2. The highest BCUT2D eigenvalue weighted by Crippen LogP contribution is 2.49. The molecule has 2 unspecified atom stereocenters. The maximum atomic E-state index is 13.6. The minimum absolute atomic E-state index is 0.0138. The second-order valence-electron chi connectivity index (χ2n) is 14.0. The van der Waals surface area contributed by atoms with Crippen LogP contribution in [0.2, 0.25) is 0 Å². The van der Waals surface area contributed by atoms with E-state index in [9.17, 15) is 18.0 Å². The van der Waals surface area contributed by atoms with Crippen LogP contribution in [-0.4, -0.2) is 53.6 Å². The zero-order valence-electron chi connectivity index (χ0n) is 29.6. The normalized spacial score (nSPS) is 19.7. The average Bonchev–Trinajstić information content (AvgIpc) is 3.53. The second kappa shape index (κ2) is 13.7. The Labute approximate surface area is 289 Å². The largest absolute Gasteiger partial charge is 0.497 e. The zero-order valence-corrected chi connectivity index (χ0v) is 30.4. The van der Waals surface area contributed by atoms with Crippen LogP contribution < -0.4 is 4.72 Å². The number of esters is 1. The Kier molecular flexibility index (Phi) is 9.68. The standard InChI is InChI=1S/C38H48N4O6S/c1-8-48-38(44)33-34(22(2)3)39-41(6)35(33)27-18-26-19-28(47-7)15-17-29(26)36-32(24-12-10-9-11-13-24)30-16-14-25(20-31(30)42(36)21-27)37(43)40-49(45,46)23(4)5/h14-20,22-24,26,29H,8-13,21H2,1-7H3,(H,40,43). The first-order chi connectivity index (χ1) is 23.4. The number of sulfonamides is 1. The lowest BCUT2D eigenvalue weighted by Gasteiger charge is -2.28. The molecule has 10 nitrogen and oxygen atoms in total. The molecule has 1 aromatic carbocycles. The van der Waals surface area contributed by atoms with Gasteiger partial charge in [0.15, 0.2) is 0 Å². The van der Waals surface area contributed by atoms with Crippen molar-refractivity contribution in [3.63, 3.8) is 0 Å². The summed E-state index contributed by atoms with van der Waals surface area (Å²) in [5.41, 5.74) is 6.36. The van der Waals surface area contributed by atoms with E-state index in [0.29, 0.717) is 29.4 Å². The van der Waals surface area contributed by atoms with Crippen LogP contribution in [0.3, 0.4) is 0 Å². The van der Waals surface area contributed by atoms with Crippen molar-refractivity contribution < 1.29 is 27.5 Å². The van der Waals surface area contributed by atoms with Crippen LogP contribution in [0.15, 0.2) is 48.3 Å². The lowest BCUT2D eigenvalue weighted by atomic mass is 9.77. The maximum absolute atomic E-state index is 13.6.